The molecule has 0 bridgehead atoms. The van der Waals surface area contributed by atoms with Gasteiger partial charge in [0.15, 0.2) is 0 Å². The Hall–Kier alpha value is -1.66. The summed E-state index contributed by atoms with van der Waals surface area (Å²) in [6.07, 6.45) is 1.57. The van der Waals surface area contributed by atoms with Crippen LogP contribution in [0.15, 0.2) is 18.2 Å². The van der Waals surface area contributed by atoms with E-state index in [0.29, 0.717) is 41.3 Å². The van der Waals surface area contributed by atoms with Crippen molar-refractivity contribution in [1.29, 1.82) is 0 Å². The molecule has 2 heterocycles. The predicted octanol–water partition coefficient (Wildman–Crippen LogP) is 4.26. The SMILES string of the molecule is CC(C)(C)OC(=O)N1CC[C@H]2CCN(C(=O)CNc3cc(Cl)cc(Cl)c3)C[C@@H]21. The first-order chi connectivity index (χ1) is 13.1. The average molecular weight is 428 g/mol. The summed E-state index contributed by atoms with van der Waals surface area (Å²) in [7, 11) is 0. The average Bonchev–Trinajstić information content (AvgIpc) is 3.00. The number of nitrogens with zero attached hydrogens (tertiary/aromatic N) is 2. The highest BCUT2D eigenvalue weighted by atomic mass is 35.5. The van der Waals surface area contributed by atoms with Crippen LogP contribution < -0.4 is 5.32 Å². The number of piperidine rings is 1. The third-order valence-corrected chi connectivity index (χ3v) is 5.59. The standard InChI is InChI=1S/C20H27Cl2N3O3/c1-20(2,3)28-19(27)25-7-5-13-4-6-24(12-17(13)25)18(26)11-23-16-9-14(21)8-15(22)10-16/h8-10,13,17,23H,4-7,11-12H2,1-3H3/t13-,17+/m1/s1. The molecule has 0 spiro atoms. The van der Waals surface area contributed by atoms with Gasteiger partial charge in [-0.2, -0.15) is 0 Å². The molecule has 0 aromatic heterocycles. The Morgan fingerprint density at radius 3 is 2.43 bits per heavy atom. The van der Waals surface area contributed by atoms with Crippen LogP contribution in [0.1, 0.15) is 33.6 Å². The minimum absolute atomic E-state index is 0.00872. The number of fused-ring (bicyclic) bond motifs is 1. The van der Waals surface area contributed by atoms with Gasteiger partial charge in [-0.1, -0.05) is 23.2 Å². The summed E-state index contributed by atoms with van der Waals surface area (Å²) in [5.41, 5.74) is 0.179. The number of hydrogen-bond acceptors (Lipinski definition) is 4. The van der Waals surface area contributed by atoms with Gasteiger partial charge in [-0.25, -0.2) is 4.79 Å². The maximum absolute atomic E-state index is 12.7. The van der Waals surface area contributed by atoms with Crippen molar-refractivity contribution in [1.82, 2.24) is 9.80 Å². The van der Waals surface area contributed by atoms with E-state index in [1.165, 1.54) is 0 Å². The summed E-state index contributed by atoms with van der Waals surface area (Å²) in [6, 6.07) is 5.13. The van der Waals surface area contributed by atoms with E-state index in [9.17, 15) is 9.59 Å². The predicted molar refractivity (Wildman–Crippen MR) is 111 cm³/mol. The normalized spacial score (nSPS) is 22.0. The van der Waals surface area contributed by atoms with Crippen molar-refractivity contribution in [2.75, 3.05) is 31.5 Å². The van der Waals surface area contributed by atoms with Crippen LogP contribution in [0, 0.1) is 5.92 Å². The lowest BCUT2D eigenvalue weighted by molar-refractivity contribution is -0.131. The molecule has 2 aliphatic rings. The molecule has 2 saturated heterocycles. The number of anilines is 1. The Morgan fingerprint density at radius 1 is 1.14 bits per heavy atom. The van der Waals surface area contributed by atoms with Gasteiger partial charge in [-0.05, 0) is 57.7 Å². The van der Waals surface area contributed by atoms with Gasteiger partial charge in [0.1, 0.15) is 5.60 Å². The lowest BCUT2D eigenvalue weighted by Crippen LogP contribution is -2.53. The molecule has 1 N–H and O–H groups in total. The number of hydrogen-bond donors (Lipinski definition) is 1. The monoisotopic (exact) mass is 427 g/mol. The Balaban J connectivity index is 1.58. The van der Waals surface area contributed by atoms with Crippen molar-refractivity contribution in [2.24, 2.45) is 5.92 Å². The lowest BCUT2D eigenvalue weighted by Gasteiger charge is -2.38. The van der Waals surface area contributed by atoms with Crippen molar-refractivity contribution in [3.63, 3.8) is 0 Å². The molecule has 1 aromatic carbocycles. The number of nitrogens with one attached hydrogen (secondary N) is 1. The van der Waals surface area contributed by atoms with Crippen molar-refractivity contribution in [3.8, 4) is 0 Å². The smallest absolute Gasteiger partial charge is 0.410 e. The summed E-state index contributed by atoms with van der Waals surface area (Å²) < 4.78 is 5.54. The molecular weight excluding hydrogens is 401 g/mol. The van der Waals surface area contributed by atoms with Gasteiger partial charge in [0, 0.05) is 35.4 Å². The van der Waals surface area contributed by atoms with Crippen LogP contribution >= 0.6 is 23.2 Å². The van der Waals surface area contributed by atoms with Gasteiger partial charge in [0.2, 0.25) is 5.91 Å². The van der Waals surface area contributed by atoms with E-state index >= 15 is 0 Å². The Labute approximate surface area is 176 Å². The zero-order valence-electron chi connectivity index (χ0n) is 16.5. The van der Waals surface area contributed by atoms with Crippen LogP contribution in [-0.4, -0.2) is 59.6 Å². The van der Waals surface area contributed by atoms with Crippen LogP contribution in [0.3, 0.4) is 0 Å². The number of amides is 2. The second kappa shape index (κ2) is 8.37. The van der Waals surface area contributed by atoms with Crippen molar-refractivity contribution >= 4 is 40.9 Å². The fraction of sp³-hybridized carbons (Fsp3) is 0.600. The third kappa shape index (κ3) is 5.23. The summed E-state index contributed by atoms with van der Waals surface area (Å²) >= 11 is 12.0. The Kier molecular flexibility index (Phi) is 6.30. The van der Waals surface area contributed by atoms with Crippen LogP contribution in [0.2, 0.25) is 10.0 Å². The maximum atomic E-state index is 12.7. The van der Waals surface area contributed by atoms with Gasteiger partial charge in [-0.15, -0.1) is 0 Å². The third-order valence-electron chi connectivity index (χ3n) is 5.15. The van der Waals surface area contributed by atoms with Crippen molar-refractivity contribution < 1.29 is 14.3 Å². The zero-order chi connectivity index (χ0) is 20.5. The molecule has 2 atom stereocenters. The minimum atomic E-state index is -0.526. The highest BCUT2D eigenvalue weighted by Crippen LogP contribution is 2.33. The molecular formula is C20H27Cl2N3O3. The maximum Gasteiger partial charge on any atom is 0.410 e. The van der Waals surface area contributed by atoms with E-state index in [4.69, 9.17) is 27.9 Å². The molecule has 8 heteroatoms. The highest BCUT2D eigenvalue weighted by Gasteiger charge is 2.42. The lowest BCUT2D eigenvalue weighted by atomic mass is 9.92. The van der Waals surface area contributed by atoms with Crippen LogP contribution in [0.5, 0.6) is 0 Å². The Bertz CT molecular complexity index is 730. The molecule has 0 saturated carbocycles. The molecule has 28 heavy (non-hydrogen) atoms. The fourth-order valence-corrected chi connectivity index (χ4v) is 4.39. The largest absolute Gasteiger partial charge is 0.444 e. The molecule has 0 aliphatic carbocycles. The highest BCUT2D eigenvalue weighted by molar-refractivity contribution is 6.35. The van der Waals surface area contributed by atoms with Crippen molar-refractivity contribution in [2.45, 2.75) is 45.3 Å². The van der Waals surface area contributed by atoms with Gasteiger partial charge in [-0.3, -0.25) is 4.79 Å². The van der Waals surface area contributed by atoms with Crippen molar-refractivity contribution in [3.05, 3.63) is 28.2 Å². The summed E-state index contributed by atoms with van der Waals surface area (Å²) in [4.78, 5) is 28.8. The number of carbonyl (C=O) groups excluding carboxylic acids is 2. The number of likely N-dealkylation sites (tertiary alicyclic amines) is 2. The second-order valence-corrected chi connectivity index (χ2v) is 9.30. The molecule has 0 unspecified atom stereocenters. The van der Waals surface area contributed by atoms with E-state index in [-0.39, 0.29) is 24.6 Å². The number of halogens is 2. The number of rotatable bonds is 3. The van der Waals surface area contributed by atoms with E-state index in [1.807, 2.05) is 25.7 Å². The number of ether oxygens (including phenoxy) is 1. The Morgan fingerprint density at radius 2 is 1.79 bits per heavy atom. The van der Waals surface area contributed by atoms with E-state index in [2.05, 4.69) is 5.32 Å². The number of carbonyl (C=O) groups is 2. The van der Waals surface area contributed by atoms with Gasteiger partial charge in [0.25, 0.3) is 0 Å². The van der Waals surface area contributed by atoms with Gasteiger partial charge >= 0.3 is 6.09 Å². The van der Waals surface area contributed by atoms with Crippen LogP contribution in [-0.2, 0) is 9.53 Å². The first kappa shape index (κ1) is 21.1. The van der Waals surface area contributed by atoms with Crippen LogP contribution in [0.25, 0.3) is 0 Å². The molecule has 2 aliphatic heterocycles. The van der Waals surface area contributed by atoms with E-state index in [1.54, 1.807) is 23.1 Å². The van der Waals surface area contributed by atoms with Crippen LogP contribution in [0.4, 0.5) is 10.5 Å². The van der Waals surface area contributed by atoms with Gasteiger partial charge in [0.05, 0.1) is 12.6 Å². The van der Waals surface area contributed by atoms with E-state index in [0.717, 1.165) is 12.8 Å². The minimum Gasteiger partial charge on any atom is -0.444 e. The zero-order valence-corrected chi connectivity index (χ0v) is 18.0. The number of benzene rings is 1. The van der Waals surface area contributed by atoms with E-state index < -0.39 is 5.60 Å². The summed E-state index contributed by atoms with van der Waals surface area (Å²) in [6.45, 7) is 7.68. The first-order valence-corrected chi connectivity index (χ1v) is 10.4. The molecule has 0 radical (unpaired) electrons. The first-order valence-electron chi connectivity index (χ1n) is 9.60. The van der Waals surface area contributed by atoms with Gasteiger partial charge < -0.3 is 19.9 Å². The summed E-state index contributed by atoms with van der Waals surface area (Å²) in [5, 5.41) is 4.11. The molecule has 154 valence electrons. The molecule has 3 rings (SSSR count). The molecule has 2 amide bonds. The second-order valence-electron chi connectivity index (χ2n) is 8.43. The quantitative estimate of drug-likeness (QED) is 0.782. The molecule has 2 fully saturated rings. The fourth-order valence-electron chi connectivity index (χ4n) is 3.86. The molecule has 1 aromatic rings. The summed E-state index contributed by atoms with van der Waals surface area (Å²) in [5.74, 6) is 0.418. The topological polar surface area (TPSA) is 61.9 Å². The molecule has 6 nitrogen and oxygen atoms in total.